The molecule has 1 aliphatic rings. The molecule has 5 nitrogen and oxygen atoms in total. The smallest absolute Gasteiger partial charge is 0.423 e. The van der Waals surface area contributed by atoms with E-state index in [1.807, 2.05) is 13.8 Å². The van der Waals surface area contributed by atoms with Gasteiger partial charge in [0.05, 0.1) is 6.10 Å². The largest absolute Gasteiger partial charge is 0.491 e. The van der Waals surface area contributed by atoms with Gasteiger partial charge in [0.1, 0.15) is 17.4 Å². The van der Waals surface area contributed by atoms with Crippen molar-refractivity contribution in [2.45, 2.75) is 57.9 Å². The Morgan fingerprint density at radius 3 is 2.37 bits per heavy atom. The van der Waals surface area contributed by atoms with Crippen molar-refractivity contribution in [1.29, 1.82) is 0 Å². The van der Waals surface area contributed by atoms with Gasteiger partial charge in [-0.15, -0.1) is 0 Å². The van der Waals surface area contributed by atoms with Crippen LogP contribution in [0.25, 0.3) is 0 Å². The van der Waals surface area contributed by atoms with Crippen LogP contribution in [0.3, 0.4) is 0 Å². The molecule has 1 aliphatic carbocycles. The lowest BCUT2D eigenvalue weighted by molar-refractivity contribution is -0.139. The maximum atomic E-state index is 13.2. The molecule has 0 bridgehead atoms. The van der Waals surface area contributed by atoms with Gasteiger partial charge in [-0.1, -0.05) is 0 Å². The van der Waals surface area contributed by atoms with Crippen molar-refractivity contribution >= 4 is 11.6 Å². The van der Waals surface area contributed by atoms with Gasteiger partial charge in [-0.2, -0.15) is 18.2 Å². The first-order valence-corrected chi connectivity index (χ1v) is 8.96. The third kappa shape index (κ3) is 5.24. The fourth-order valence-electron chi connectivity index (χ4n) is 2.89. The van der Waals surface area contributed by atoms with Crippen molar-refractivity contribution in [2.75, 3.05) is 5.32 Å². The molecule has 1 aromatic heterocycles. The van der Waals surface area contributed by atoms with Gasteiger partial charge in [-0.05, 0) is 63.8 Å². The Balaban J connectivity index is 1.78. The summed E-state index contributed by atoms with van der Waals surface area (Å²) in [6.45, 7) is 3.85. The number of hydrogen-bond acceptors (Lipinski definition) is 5. The van der Waals surface area contributed by atoms with E-state index < -0.39 is 17.6 Å². The number of alkyl halides is 3. The van der Waals surface area contributed by atoms with Crippen LogP contribution in [0.5, 0.6) is 11.6 Å². The molecule has 8 heteroatoms. The van der Waals surface area contributed by atoms with Gasteiger partial charge < -0.3 is 14.8 Å². The van der Waals surface area contributed by atoms with Crippen LogP contribution < -0.4 is 14.8 Å². The highest BCUT2D eigenvalue weighted by atomic mass is 19.4. The van der Waals surface area contributed by atoms with Crippen LogP contribution in [-0.4, -0.2) is 22.2 Å². The lowest BCUT2D eigenvalue weighted by atomic mass is 10.3. The molecule has 1 aromatic carbocycles. The van der Waals surface area contributed by atoms with Gasteiger partial charge in [0.2, 0.25) is 11.8 Å². The molecule has 27 heavy (non-hydrogen) atoms. The molecule has 3 rings (SSSR count). The molecule has 146 valence electrons. The molecule has 1 saturated carbocycles. The van der Waals surface area contributed by atoms with E-state index >= 15 is 0 Å². The Morgan fingerprint density at radius 1 is 1.11 bits per heavy atom. The van der Waals surface area contributed by atoms with Crippen LogP contribution in [-0.2, 0) is 6.18 Å². The Hall–Kier alpha value is -2.51. The number of hydrogen-bond donors (Lipinski definition) is 1. The monoisotopic (exact) mass is 381 g/mol. The summed E-state index contributed by atoms with van der Waals surface area (Å²) in [6.07, 6.45) is -0.611. The summed E-state index contributed by atoms with van der Waals surface area (Å²) < 4.78 is 50.8. The summed E-state index contributed by atoms with van der Waals surface area (Å²) in [5.74, 6) is 0.328. The topological polar surface area (TPSA) is 56.3 Å². The maximum Gasteiger partial charge on any atom is 0.423 e. The van der Waals surface area contributed by atoms with E-state index in [1.165, 1.54) is 0 Å². The quantitative estimate of drug-likeness (QED) is 0.731. The van der Waals surface area contributed by atoms with E-state index in [0.29, 0.717) is 11.4 Å². The first-order valence-electron chi connectivity index (χ1n) is 8.96. The Morgan fingerprint density at radius 2 is 1.78 bits per heavy atom. The van der Waals surface area contributed by atoms with E-state index in [0.717, 1.165) is 31.9 Å². The van der Waals surface area contributed by atoms with E-state index in [4.69, 9.17) is 9.47 Å². The normalized spacial score (nSPS) is 15.2. The summed E-state index contributed by atoms with van der Waals surface area (Å²) in [5, 5.41) is 2.90. The second kappa shape index (κ2) is 8.02. The second-order valence-corrected chi connectivity index (χ2v) is 6.75. The average molecular weight is 381 g/mol. The minimum absolute atomic E-state index is 0.0496. The summed E-state index contributed by atoms with van der Waals surface area (Å²) in [5.41, 5.74) is -0.321. The maximum absolute atomic E-state index is 13.2. The molecule has 1 heterocycles. The molecule has 2 aromatic rings. The number of aromatic nitrogens is 2. The van der Waals surface area contributed by atoms with Crippen LogP contribution in [0.2, 0.25) is 0 Å². The van der Waals surface area contributed by atoms with Crippen molar-refractivity contribution in [2.24, 2.45) is 0 Å². The van der Waals surface area contributed by atoms with Gasteiger partial charge in [0.25, 0.3) is 0 Å². The van der Waals surface area contributed by atoms with E-state index in [9.17, 15) is 13.2 Å². The molecule has 0 amide bonds. The van der Waals surface area contributed by atoms with Gasteiger partial charge >= 0.3 is 6.18 Å². The second-order valence-electron chi connectivity index (χ2n) is 6.75. The lowest BCUT2D eigenvalue weighted by Gasteiger charge is -2.17. The van der Waals surface area contributed by atoms with Crippen molar-refractivity contribution in [1.82, 2.24) is 9.97 Å². The molecular weight excluding hydrogens is 359 g/mol. The molecule has 0 saturated heterocycles. The fraction of sp³-hybridized carbons (Fsp3) is 0.474. The molecule has 0 atom stereocenters. The molecule has 0 unspecified atom stereocenters. The van der Waals surface area contributed by atoms with E-state index in [2.05, 4.69) is 15.3 Å². The van der Waals surface area contributed by atoms with Gasteiger partial charge in [0.15, 0.2) is 0 Å². The Bertz CT molecular complexity index is 758. The highest BCUT2D eigenvalue weighted by Crippen LogP contribution is 2.37. The summed E-state index contributed by atoms with van der Waals surface area (Å²) in [6, 6.07) is 7.02. The number of halogens is 3. The third-order valence-corrected chi connectivity index (χ3v) is 4.12. The fourth-order valence-corrected chi connectivity index (χ4v) is 2.89. The highest BCUT2D eigenvalue weighted by molar-refractivity contribution is 5.55. The molecule has 1 N–H and O–H groups in total. The molecule has 0 radical (unpaired) electrons. The van der Waals surface area contributed by atoms with Crippen molar-refractivity contribution in [3.05, 3.63) is 36.0 Å². The zero-order valence-corrected chi connectivity index (χ0v) is 15.2. The van der Waals surface area contributed by atoms with Crippen LogP contribution in [0.4, 0.5) is 24.8 Å². The number of anilines is 2. The minimum Gasteiger partial charge on any atom is -0.491 e. The zero-order chi connectivity index (χ0) is 19.4. The molecular formula is C19H22F3N3O2. The van der Waals surface area contributed by atoms with Crippen LogP contribution in [0, 0.1) is 0 Å². The van der Waals surface area contributed by atoms with Crippen molar-refractivity contribution in [3.8, 4) is 11.6 Å². The van der Waals surface area contributed by atoms with Crippen LogP contribution in [0.15, 0.2) is 30.5 Å². The van der Waals surface area contributed by atoms with Crippen molar-refractivity contribution in [3.63, 3.8) is 0 Å². The summed E-state index contributed by atoms with van der Waals surface area (Å²) >= 11 is 0. The van der Waals surface area contributed by atoms with Gasteiger partial charge in [-0.25, -0.2) is 4.98 Å². The predicted octanol–water partition coefficient (Wildman–Crippen LogP) is 5.35. The van der Waals surface area contributed by atoms with Crippen LogP contribution in [0.1, 0.15) is 45.1 Å². The summed E-state index contributed by atoms with van der Waals surface area (Å²) in [7, 11) is 0. The number of nitrogens with one attached hydrogen (secondary N) is 1. The number of rotatable bonds is 6. The molecule has 0 aliphatic heterocycles. The summed E-state index contributed by atoms with van der Waals surface area (Å²) in [4.78, 5) is 7.77. The Kier molecular flexibility index (Phi) is 5.72. The van der Waals surface area contributed by atoms with Crippen molar-refractivity contribution < 1.29 is 22.6 Å². The van der Waals surface area contributed by atoms with Crippen LogP contribution >= 0.6 is 0 Å². The number of nitrogens with zero attached hydrogens (tertiary/aromatic N) is 2. The van der Waals surface area contributed by atoms with Gasteiger partial charge in [0, 0.05) is 11.9 Å². The average Bonchev–Trinajstić information content (AvgIpc) is 3.08. The molecule has 0 spiro atoms. The number of ether oxygens (including phenoxy) is 2. The minimum atomic E-state index is -4.57. The van der Waals surface area contributed by atoms with Gasteiger partial charge in [-0.3, -0.25) is 0 Å². The highest BCUT2D eigenvalue weighted by Gasteiger charge is 2.37. The standard InChI is InChI=1S/C19H22F3N3O2/c1-12(2)26-15-9-7-13(8-10-15)24-18-23-11-16(19(20,21)22)17(25-18)27-14-5-3-4-6-14/h7-12,14H,3-6H2,1-2H3,(H,23,24,25). The third-order valence-electron chi connectivity index (χ3n) is 4.12. The first kappa shape index (κ1) is 19.3. The van der Waals surface area contributed by atoms with E-state index in [-0.39, 0.29) is 18.2 Å². The SMILES string of the molecule is CC(C)Oc1ccc(Nc2ncc(C(F)(F)F)c(OC3CCCC3)n2)cc1. The van der Waals surface area contributed by atoms with E-state index in [1.54, 1.807) is 24.3 Å². The lowest BCUT2D eigenvalue weighted by Crippen LogP contribution is -2.18. The first-order chi connectivity index (χ1) is 12.8. The number of benzene rings is 1. The predicted molar refractivity (Wildman–Crippen MR) is 95.4 cm³/mol. The molecule has 1 fully saturated rings. The Labute approximate surface area is 155 Å². The zero-order valence-electron chi connectivity index (χ0n) is 15.2.